The van der Waals surface area contributed by atoms with Crippen molar-refractivity contribution in [3.8, 4) is 11.4 Å². The number of carbonyl (C=O) groups is 1. The van der Waals surface area contributed by atoms with Gasteiger partial charge < -0.3 is 14.7 Å². The summed E-state index contributed by atoms with van der Waals surface area (Å²) in [5.74, 6) is 1.07. The Labute approximate surface area is 181 Å². The van der Waals surface area contributed by atoms with Crippen LogP contribution in [0.25, 0.3) is 5.69 Å². The summed E-state index contributed by atoms with van der Waals surface area (Å²) in [6, 6.07) is 15.2. The molecule has 0 bridgehead atoms. The Morgan fingerprint density at radius 3 is 2.65 bits per heavy atom. The lowest BCUT2D eigenvalue weighted by atomic mass is 9.67. The minimum absolute atomic E-state index is 0.0118. The fraction of sp³-hybridized carbons (Fsp3) is 0.375. The third kappa shape index (κ3) is 3.49. The van der Waals surface area contributed by atoms with Crippen LogP contribution >= 0.6 is 0 Å². The lowest BCUT2D eigenvalue weighted by molar-refractivity contribution is -0.0645. The second-order valence-corrected chi connectivity index (χ2v) is 8.54. The molecule has 1 saturated heterocycles. The van der Waals surface area contributed by atoms with E-state index in [1.165, 1.54) is 0 Å². The molecule has 0 radical (unpaired) electrons. The average molecular weight is 418 g/mol. The molecular weight excluding hydrogens is 392 g/mol. The van der Waals surface area contributed by atoms with Crippen LogP contribution in [-0.4, -0.2) is 50.9 Å². The molecule has 160 valence electrons. The normalized spacial score (nSPS) is 25.3. The van der Waals surface area contributed by atoms with Gasteiger partial charge in [-0.05, 0) is 67.1 Å². The van der Waals surface area contributed by atoms with E-state index in [-0.39, 0.29) is 11.8 Å². The van der Waals surface area contributed by atoms with Crippen molar-refractivity contribution in [3.05, 3.63) is 72.3 Å². The SMILES string of the molecule is COc1cccc([C@]2(O)CCC[C@H]3CN(C(=O)c4ccc(-n5cnnc5)cc4)C[C@@H]32)c1. The fourth-order valence-corrected chi connectivity index (χ4v) is 5.23. The molecular formula is C24H26N4O3. The molecule has 7 heteroatoms. The first-order valence-electron chi connectivity index (χ1n) is 10.7. The zero-order chi connectivity index (χ0) is 21.4. The van der Waals surface area contributed by atoms with E-state index in [1.54, 1.807) is 24.3 Å². The fourth-order valence-electron chi connectivity index (χ4n) is 5.23. The zero-order valence-electron chi connectivity index (χ0n) is 17.5. The van der Waals surface area contributed by atoms with Crippen LogP contribution in [0.4, 0.5) is 0 Å². The van der Waals surface area contributed by atoms with Crippen LogP contribution in [0.3, 0.4) is 0 Å². The van der Waals surface area contributed by atoms with Gasteiger partial charge in [0.1, 0.15) is 18.4 Å². The van der Waals surface area contributed by atoms with Crippen molar-refractivity contribution >= 4 is 5.91 Å². The van der Waals surface area contributed by atoms with Gasteiger partial charge in [-0.15, -0.1) is 10.2 Å². The number of aromatic nitrogens is 3. The Morgan fingerprint density at radius 2 is 1.90 bits per heavy atom. The van der Waals surface area contributed by atoms with E-state index in [2.05, 4.69) is 10.2 Å². The number of rotatable bonds is 4. The summed E-state index contributed by atoms with van der Waals surface area (Å²) >= 11 is 0. The Balaban J connectivity index is 1.36. The Morgan fingerprint density at radius 1 is 1.13 bits per heavy atom. The average Bonchev–Trinajstić information content (AvgIpc) is 3.50. The minimum Gasteiger partial charge on any atom is -0.497 e. The third-order valence-electron chi connectivity index (χ3n) is 6.88. The molecule has 31 heavy (non-hydrogen) atoms. The number of fused-ring (bicyclic) bond motifs is 1. The number of carbonyl (C=O) groups excluding carboxylic acids is 1. The maximum Gasteiger partial charge on any atom is 0.253 e. The second kappa shape index (κ2) is 7.81. The van der Waals surface area contributed by atoms with Gasteiger partial charge in [0.15, 0.2) is 0 Å². The highest BCUT2D eigenvalue weighted by atomic mass is 16.5. The maximum atomic E-state index is 13.2. The topological polar surface area (TPSA) is 80.5 Å². The van der Waals surface area contributed by atoms with Crippen LogP contribution in [-0.2, 0) is 5.60 Å². The lowest BCUT2D eigenvalue weighted by Gasteiger charge is -2.41. The molecule has 3 aromatic rings. The van der Waals surface area contributed by atoms with Crippen molar-refractivity contribution in [2.75, 3.05) is 20.2 Å². The van der Waals surface area contributed by atoms with Crippen LogP contribution in [0.5, 0.6) is 5.75 Å². The van der Waals surface area contributed by atoms with Crippen molar-refractivity contribution in [2.24, 2.45) is 11.8 Å². The smallest absolute Gasteiger partial charge is 0.253 e. The molecule has 1 amide bonds. The first-order chi connectivity index (χ1) is 15.1. The van der Waals surface area contributed by atoms with Gasteiger partial charge in [-0.1, -0.05) is 12.1 Å². The van der Waals surface area contributed by atoms with Gasteiger partial charge in [0.2, 0.25) is 0 Å². The molecule has 2 heterocycles. The number of methoxy groups -OCH3 is 1. The van der Waals surface area contributed by atoms with Crippen LogP contribution < -0.4 is 4.74 Å². The minimum atomic E-state index is -0.940. The van der Waals surface area contributed by atoms with Crippen molar-refractivity contribution < 1.29 is 14.6 Å². The van der Waals surface area contributed by atoms with Crippen LogP contribution in [0, 0.1) is 11.8 Å². The second-order valence-electron chi connectivity index (χ2n) is 8.54. The summed E-state index contributed by atoms with van der Waals surface area (Å²) in [4.78, 5) is 15.1. The van der Waals surface area contributed by atoms with Crippen molar-refractivity contribution in [3.63, 3.8) is 0 Å². The number of hydrogen-bond donors (Lipinski definition) is 1. The molecule has 7 nitrogen and oxygen atoms in total. The summed E-state index contributed by atoms with van der Waals surface area (Å²) in [7, 11) is 1.64. The molecule has 5 rings (SSSR count). The van der Waals surface area contributed by atoms with E-state index in [0.29, 0.717) is 31.0 Å². The number of nitrogens with zero attached hydrogens (tertiary/aromatic N) is 4. The van der Waals surface area contributed by atoms with Gasteiger partial charge in [-0.2, -0.15) is 0 Å². The largest absolute Gasteiger partial charge is 0.497 e. The summed E-state index contributed by atoms with van der Waals surface area (Å²) < 4.78 is 7.17. The van der Waals surface area contributed by atoms with E-state index < -0.39 is 5.60 Å². The lowest BCUT2D eigenvalue weighted by Crippen LogP contribution is -2.43. The molecule has 0 spiro atoms. The van der Waals surface area contributed by atoms with E-state index in [0.717, 1.165) is 29.8 Å². The highest BCUT2D eigenvalue weighted by Crippen LogP contribution is 2.48. The summed E-state index contributed by atoms with van der Waals surface area (Å²) in [6.07, 6.45) is 5.94. The maximum absolute atomic E-state index is 13.2. The zero-order valence-corrected chi connectivity index (χ0v) is 17.5. The molecule has 1 aliphatic heterocycles. The van der Waals surface area contributed by atoms with E-state index >= 15 is 0 Å². The highest BCUT2D eigenvalue weighted by molar-refractivity contribution is 5.94. The van der Waals surface area contributed by atoms with Crippen LogP contribution in [0.2, 0.25) is 0 Å². The first kappa shape index (κ1) is 19.8. The number of likely N-dealkylation sites (tertiary alicyclic amines) is 1. The molecule has 2 aromatic carbocycles. The van der Waals surface area contributed by atoms with Gasteiger partial charge in [0.25, 0.3) is 5.91 Å². The van der Waals surface area contributed by atoms with E-state index in [1.807, 2.05) is 53.4 Å². The molecule has 1 N–H and O–H groups in total. The third-order valence-corrected chi connectivity index (χ3v) is 6.88. The molecule has 2 aliphatic rings. The van der Waals surface area contributed by atoms with E-state index in [9.17, 15) is 9.90 Å². The molecule has 3 atom stereocenters. The first-order valence-corrected chi connectivity index (χ1v) is 10.7. The van der Waals surface area contributed by atoms with E-state index in [4.69, 9.17) is 4.74 Å². The molecule has 0 unspecified atom stereocenters. The Hall–Kier alpha value is -3.19. The Kier molecular flexibility index (Phi) is 4.98. The number of aliphatic hydroxyl groups is 1. The molecule has 1 aromatic heterocycles. The van der Waals surface area contributed by atoms with Gasteiger partial charge in [-0.3, -0.25) is 9.36 Å². The quantitative estimate of drug-likeness (QED) is 0.704. The van der Waals surface area contributed by atoms with Gasteiger partial charge in [-0.25, -0.2) is 0 Å². The number of hydrogen-bond acceptors (Lipinski definition) is 5. The monoisotopic (exact) mass is 418 g/mol. The summed E-state index contributed by atoms with van der Waals surface area (Å²) in [6.45, 7) is 1.24. The summed E-state index contributed by atoms with van der Waals surface area (Å²) in [5.41, 5.74) is 1.50. The molecule has 1 aliphatic carbocycles. The molecule has 2 fully saturated rings. The predicted octanol–water partition coefficient (Wildman–Crippen LogP) is 3.04. The number of benzene rings is 2. The standard InChI is InChI=1S/C24H26N4O3/c1-31-21-6-2-5-19(12-21)24(30)11-3-4-18-13-27(14-22(18)24)23(29)17-7-9-20(10-8-17)28-15-25-26-16-28/h2,5-10,12,15-16,18,22,30H,3-4,11,13-14H2,1H3/t18-,22-,24+/m0/s1. The van der Waals surface area contributed by atoms with Gasteiger partial charge in [0, 0.05) is 30.3 Å². The summed E-state index contributed by atoms with van der Waals surface area (Å²) in [5, 5.41) is 19.4. The van der Waals surface area contributed by atoms with Crippen LogP contribution in [0.1, 0.15) is 35.2 Å². The predicted molar refractivity (Wildman–Crippen MR) is 115 cm³/mol. The molecule has 1 saturated carbocycles. The van der Waals surface area contributed by atoms with Gasteiger partial charge >= 0.3 is 0 Å². The number of amides is 1. The van der Waals surface area contributed by atoms with Crippen molar-refractivity contribution in [1.82, 2.24) is 19.7 Å². The van der Waals surface area contributed by atoms with Gasteiger partial charge in [0.05, 0.1) is 12.7 Å². The number of ether oxygens (including phenoxy) is 1. The Bertz CT molecular complexity index is 1070. The van der Waals surface area contributed by atoms with Crippen molar-refractivity contribution in [2.45, 2.75) is 24.9 Å². The highest BCUT2D eigenvalue weighted by Gasteiger charge is 2.50. The van der Waals surface area contributed by atoms with Crippen LogP contribution in [0.15, 0.2) is 61.2 Å². The van der Waals surface area contributed by atoms with Crippen molar-refractivity contribution in [1.29, 1.82) is 0 Å².